The Labute approximate surface area is 125 Å². The van der Waals surface area contributed by atoms with Gasteiger partial charge in [0.1, 0.15) is 23.5 Å². The summed E-state index contributed by atoms with van der Waals surface area (Å²) in [6.45, 7) is 6.62. The molecule has 1 fully saturated rings. The number of likely N-dealkylation sites (tertiary alicyclic amines) is 1. The molecule has 21 heavy (non-hydrogen) atoms. The number of amides is 1. The third kappa shape index (κ3) is 4.12. The average Bonchev–Trinajstić information content (AvgIpc) is 2.86. The maximum absolute atomic E-state index is 12.0. The fraction of sp³-hybridized carbons (Fsp3) is 0.500. The van der Waals surface area contributed by atoms with E-state index in [0.29, 0.717) is 24.4 Å². The first-order valence-electron chi connectivity index (χ1n) is 7.03. The van der Waals surface area contributed by atoms with Gasteiger partial charge in [-0.2, -0.15) is 5.26 Å². The third-order valence-electron chi connectivity index (χ3n) is 3.10. The summed E-state index contributed by atoms with van der Waals surface area (Å²) in [5, 5.41) is 9.05. The molecule has 1 aliphatic rings. The molecule has 0 spiro atoms. The van der Waals surface area contributed by atoms with Crippen LogP contribution >= 0.6 is 0 Å². The van der Waals surface area contributed by atoms with E-state index in [1.54, 1.807) is 23.1 Å². The van der Waals surface area contributed by atoms with Crippen molar-refractivity contribution in [2.75, 3.05) is 13.1 Å². The molecule has 1 aliphatic heterocycles. The van der Waals surface area contributed by atoms with Crippen LogP contribution in [0.5, 0.6) is 5.75 Å². The van der Waals surface area contributed by atoms with Crippen molar-refractivity contribution in [2.24, 2.45) is 0 Å². The van der Waals surface area contributed by atoms with E-state index in [2.05, 4.69) is 6.07 Å². The number of para-hydroxylation sites is 1. The minimum atomic E-state index is -0.497. The lowest BCUT2D eigenvalue weighted by molar-refractivity contribution is 0.0275. The van der Waals surface area contributed by atoms with Crippen LogP contribution in [0.3, 0.4) is 0 Å². The van der Waals surface area contributed by atoms with Crippen molar-refractivity contribution >= 4 is 6.09 Å². The molecule has 112 valence electrons. The molecule has 0 N–H and O–H groups in total. The normalized spacial score (nSPS) is 18.2. The van der Waals surface area contributed by atoms with Gasteiger partial charge in [-0.25, -0.2) is 4.79 Å². The van der Waals surface area contributed by atoms with Gasteiger partial charge in [0.05, 0.1) is 12.1 Å². The third-order valence-corrected chi connectivity index (χ3v) is 3.10. The van der Waals surface area contributed by atoms with Crippen molar-refractivity contribution in [3.05, 3.63) is 29.8 Å². The van der Waals surface area contributed by atoms with E-state index in [9.17, 15) is 4.79 Å². The maximum Gasteiger partial charge on any atom is 0.410 e. The Morgan fingerprint density at radius 3 is 2.76 bits per heavy atom. The summed E-state index contributed by atoms with van der Waals surface area (Å²) in [5.74, 6) is 0.566. The van der Waals surface area contributed by atoms with Crippen LogP contribution in [-0.2, 0) is 4.74 Å². The first kappa shape index (κ1) is 15.2. The molecular formula is C16H20N2O3. The van der Waals surface area contributed by atoms with Crippen molar-refractivity contribution in [3.8, 4) is 11.8 Å². The standard InChI is InChI=1S/C16H20N2O3/c1-16(2,3)21-15(19)18-9-8-13(11-18)20-14-7-5-4-6-12(14)10-17/h4-7,13H,8-9,11H2,1-3H3. The summed E-state index contributed by atoms with van der Waals surface area (Å²) >= 11 is 0. The summed E-state index contributed by atoms with van der Waals surface area (Å²) in [6, 6.07) is 9.22. The van der Waals surface area contributed by atoms with Crippen LogP contribution in [0.4, 0.5) is 4.79 Å². The zero-order valence-corrected chi connectivity index (χ0v) is 12.6. The highest BCUT2D eigenvalue weighted by molar-refractivity contribution is 5.68. The fourth-order valence-electron chi connectivity index (χ4n) is 2.16. The van der Waals surface area contributed by atoms with Crippen LogP contribution in [0.15, 0.2) is 24.3 Å². The number of nitriles is 1. The number of nitrogens with zero attached hydrogens (tertiary/aromatic N) is 2. The second-order valence-electron chi connectivity index (χ2n) is 6.06. The van der Waals surface area contributed by atoms with Crippen molar-refractivity contribution < 1.29 is 14.3 Å². The second-order valence-corrected chi connectivity index (χ2v) is 6.06. The highest BCUT2D eigenvalue weighted by Gasteiger charge is 2.31. The Bertz CT molecular complexity index is 557. The van der Waals surface area contributed by atoms with Gasteiger partial charge in [0.2, 0.25) is 0 Å². The van der Waals surface area contributed by atoms with Gasteiger partial charge in [-0.1, -0.05) is 12.1 Å². The number of benzene rings is 1. The minimum absolute atomic E-state index is 0.105. The first-order valence-corrected chi connectivity index (χ1v) is 7.03. The number of carbonyl (C=O) groups is 1. The first-order chi connectivity index (χ1) is 9.89. The predicted molar refractivity (Wildman–Crippen MR) is 78.0 cm³/mol. The lowest BCUT2D eigenvalue weighted by atomic mass is 10.2. The van der Waals surface area contributed by atoms with Crippen LogP contribution in [0.2, 0.25) is 0 Å². The number of carbonyl (C=O) groups excluding carboxylic acids is 1. The lowest BCUT2D eigenvalue weighted by Gasteiger charge is -2.24. The SMILES string of the molecule is CC(C)(C)OC(=O)N1CCC(Oc2ccccc2C#N)C1. The van der Waals surface area contributed by atoms with Crippen LogP contribution < -0.4 is 4.74 Å². The van der Waals surface area contributed by atoms with Gasteiger partial charge in [0.15, 0.2) is 0 Å². The fourth-order valence-corrected chi connectivity index (χ4v) is 2.16. The molecule has 2 rings (SSSR count). The Balaban J connectivity index is 1.94. The largest absolute Gasteiger partial charge is 0.487 e. The van der Waals surface area contributed by atoms with E-state index >= 15 is 0 Å². The van der Waals surface area contributed by atoms with Crippen LogP contribution in [0, 0.1) is 11.3 Å². The maximum atomic E-state index is 12.0. The van der Waals surface area contributed by atoms with E-state index in [-0.39, 0.29) is 12.2 Å². The molecule has 1 aromatic rings. The van der Waals surface area contributed by atoms with Crippen molar-refractivity contribution in [2.45, 2.75) is 38.9 Å². The van der Waals surface area contributed by atoms with Crippen LogP contribution in [0.1, 0.15) is 32.8 Å². The molecule has 0 saturated carbocycles. The molecule has 1 saturated heterocycles. The van der Waals surface area contributed by atoms with Gasteiger partial charge in [0.25, 0.3) is 0 Å². The molecule has 1 aromatic carbocycles. The van der Waals surface area contributed by atoms with Crippen molar-refractivity contribution in [1.82, 2.24) is 4.90 Å². The van der Waals surface area contributed by atoms with Gasteiger partial charge in [-0.15, -0.1) is 0 Å². The predicted octanol–water partition coefficient (Wildman–Crippen LogP) is 2.95. The smallest absolute Gasteiger partial charge is 0.410 e. The monoisotopic (exact) mass is 288 g/mol. The van der Waals surface area contributed by atoms with E-state index in [1.807, 2.05) is 26.8 Å². The van der Waals surface area contributed by atoms with E-state index < -0.39 is 5.60 Å². The minimum Gasteiger partial charge on any atom is -0.487 e. The van der Waals surface area contributed by atoms with Crippen LogP contribution in [-0.4, -0.2) is 35.8 Å². The zero-order valence-electron chi connectivity index (χ0n) is 12.6. The molecular weight excluding hydrogens is 268 g/mol. The highest BCUT2D eigenvalue weighted by Crippen LogP contribution is 2.23. The Morgan fingerprint density at radius 2 is 2.10 bits per heavy atom. The topological polar surface area (TPSA) is 62.6 Å². The number of ether oxygens (including phenoxy) is 2. The summed E-state index contributed by atoms with van der Waals surface area (Å²) in [4.78, 5) is 13.6. The number of hydrogen-bond donors (Lipinski definition) is 0. The molecule has 0 bridgehead atoms. The zero-order chi connectivity index (χ0) is 15.5. The molecule has 0 radical (unpaired) electrons. The van der Waals surface area contributed by atoms with Gasteiger partial charge in [-0.3, -0.25) is 0 Å². The summed E-state index contributed by atoms with van der Waals surface area (Å²) in [5.41, 5.74) is 0.0110. The van der Waals surface area contributed by atoms with Gasteiger partial charge in [0, 0.05) is 13.0 Å². The molecule has 1 atom stereocenters. The molecule has 0 aliphatic carbocycles. The molecule has 0 aromatic heterocycles. The quantitative estimate of drug-likeness (QED) is 0.839. The molecule has 5 heteroatoms. The molecule has 5 nitrogen and oxygen atoms in total. The molecule has 1 unspecified atom stereocenters. The van der Waals surface area contributed by atoms with Crippen molar-refractivity contribution in [3.63, 3.8) is 0 Å². The second kappa shape index (κ2) is 6.04. The van der Waals surface area contributed by atoms with Gasteiger partial charge in [-0.05, 0) is 32.9 Å². The summed E-state index contributed by atoms with van der Waals surface area (Å²) in [6.07, 6.45) is 0.313. The Kier molecular flexibility index (Phi) is 4.37. The number of hydrogen-bond acceptors (Lipinski definition) is 4. The lowest BCUT2D eigenvalue weighted by Crippen LogP contribution is -2.36. The van der Waals surface area contributed by atoms with Gasteiger partial charge >= 0.3 is 6.09 Å². The molecule has 1 amide bonds. The van der Waals surface area contributed by atoms with Crippen molar-refractivity contribution in [1.29, 1.82) is 5.26 Å². The number of rotatable bonds is 2. The van der Waals surface area contributed by atoms with E-state index in [4.69, 9.17) is 14.7 Å². The van der Waals surface area contributed by atoms with Crippen LogP contribution in [0.25, 0.3) is 0 Å². The average molecular weight is 288 g/mol. The Hall–Kier alpha value is -2.22. The molecule has 1 heterocycles. The summed E-state index contributed by atoms with van der Waals surface area (Å²) < 4.78 is 11.2. The Morgan fingerprint density at radius 1 is 1.38 bits per heavy atom. The van der Waals surface area contributed by atoms with E-state index in [0.717, 1.165) is 6.42 Å². The highest BCUT2D eigenvalue weighted by atomic mass is 16.6. The summed E-state index contributed by atoms with van der Waals surface area (Å²) in [7, 11) is 0. The van der Waals surface area contributed by atoms with Gasteiger partial charge < -0.3 is 14.4 Å². The van der Waals surface area contributed by atoms with E-state index in [1.165, 1.54) is 0 Å².